The summed E-state index contributed by atoms with van der Waals surface area (Å²) in [4.78, 5) is 36.0. The molecule has 0 fully saturated rings. The maximum absolute atomic E-state index is 13.0. The molecule has 0 radical (unpaired) electrons. The molecule has 0 saturated carbocycles. The van der Waals surface area contributed by atoms with Gasteiger partial charge in [-0.05, 0) is 80.1 Å². The molecular formula is C38H53NO3. The molecule has 0 heterocycles. The van der Waals surface area contributed by atoms with Crippen LogP contribution in [-0.2, 0) is 20.8 Å². The van der Waals surface area contributed by atoms with Crippen LogP contribution in [0, 0.1) is 11.8 Å². The third-order valence-corrected chi connectivity index (χ3v) is 7.98. The Labute approximate surface area is 255 Å². The van der Waals surface area contributed by atoms with E-state index in [-0.39, 0.29) is 17.7 Å². The fourth-order valence-electron chi connectivity index (χ4n) is 5.41. The Hall–Kier alpha value is -3.27. The summed E-state index contributed by atoms with van der Waals surface area (Å²) in [6.45, 7) is 11.0. The Morgan fingerprint density at radius 2 is 1.57 bits per heavy atom. The third-order valence-electron chi connectivity index (χ3n) is 7.98. The van der Waals surface area contributed by atoms with Gasteiger partial charge in [0.25, 0.3) is 0 Å². The molecule has 0 aliphatic heterocycles. The van der Waals surface area contributed by atoms with Gasteiger partial charge in [-0.1, -0.05) is 106 Å². The van der Waals surface area contributed by atoms with Crippen molar-refractivity contribution in [3.05, 3.63) is 89.5 Å². The van der Waals surface area contributed by atoms with Crippen molar-refractivity contribution < 1.29 is 14.4 Å². The summed E-state index contributed by atoms with van der Waals surface area (Å²) in [7, 11) is 0. The highest BCUT2D eigenvalue weighted by molar-refractivity contribution is 5.81. The van der Waals surface area contributed by atoms with Gasteiger partial charge in [0, 0.05) is 31.2 Å². The van der Waals surface area contributed by atoms with Crippen LogP contribution in [0.1, 0.15) is 115 Å². The molecule has 0 bridgehead atoms. The number of unbranched alkanes of at least 4 members (excludes halogenated alkanes) is 2. The lowest BCUT2D eigenvalue weighted by atomic mass is 9.91. The Balaban J connectivity index is 1.73. The van der Waals surface area contributed by atoms with E-state index in [1.165, 1.54) is 22.3 Å². The molecule has 0 saturated heterocycles. The Bertz CT molecular complexity index is 1120. The molecule has 0 spiro atoms. The first kappa shape index (κ1) is 34.9. The van der Waals surface area contributed by atoms with Gasteiger partial charge >= 0.3 is 0 Å². The van der Waals surface area contributed by atoms with Crippen molar-refractivity contribution in [2.24, 2.45) is 11.8 Å². The molecular weight excluding hydrogens is 518 g/mol. The molecule has 2 unspecified atom stereocenters. The number of carbonyl (C=O) groups is 3. The molecule has 228 valence electrons. The highest BCUT2D eigenvalue weighted by atomic mass is 16.2. The summed E-state index contributed by atoms with van der Waals surface area (Å²) in [5.74, 6) is 0.501. The van der Waals surface area contributed by atoms with E-state index in [0.29, 0.717) is 25.2 Å². The molecule has 2 aromatic rings. The molecule has 1 amide bonds. The van der Waals surface area contributed by atoms with Crippen LogP contribution in [0.25, 0.3) is 5.57 Å². The van der Waals surface area contributed by atoms with E-state index in [2.05, 4.69) is 80.4 Å². The maximum Gasteiger partial charge on any atom is 0.223 e. The first-order valence-corrected chi connectivity index (χ1v) is 16.1. The Morgan fingerprint density at radius 3 is 2.24 bits per heavy atom. The molecule has 4 nitrogen and oxygen atoms in total. The molecule has 4 heteroatoms. The average Bonchev–Trinajstić information content (AvgIpc) is 3.00. The van der Waals surface area contributed by atoms with Crippen molar-refractivity contribution in [3.63, 3.8) is 0 Å². The van der Waals surface area contributed by atoms with Crippen molar-refractivity contribution in [1.29, 1.82) is 0 Å². The second kappa shape index (κ2) is 20.6. The monoisotopic (exact) mass is 571 g/mol. The number of ketones is 1. The summed E-state index contributed by atoms with van der Waals surface area (Å²) in [5, 5.41) is 3.16. The van der Waals surface area contributed by atoms with Crippen LogP contribution in [0.5, 0.6) is 0 Å². The lowest BCUT2D eigenvalue weighted by Gasteiger charge is -2.17. The standard InChI is InChI=1S/C38H53NO3/c1-5-15-35(29-32-23-25-34(26-24-32)36(16-6-2)33-20-9-7-10-21-33)38(42)39-27-12-8-11-22-37(41)31(4)19-13-17-30(3)18-14-28-40/h7,9-10,16,20-21,23-26,28,31,35H,3,5-6,8,11-15,17-19,22,27,29H2,1-2,4H3,(H,39,42)/b36-16-. The average molecular weight is 572 g/mol. The zero-order valence-electron chi connectivity index (χ0n) is 26.3. The van der Waals surface area contributed by atoms with Gasteiger partial charge in [0.2, 0.25) is 5.91 Å². The van der Waals surface area contributed by atoms with Crippen LogP contribution in [-0.4, -0.2) is 24.5 Å². The molecule has 2 aromatic carbocycles. The van der Waals surface area contributed by atoms with Crippen LogP contribution in [0.3, 0.4) is 0 Å². The van der Waals surface area contributed by atoms with Crippen LogP contribution >= 0.6 is 0 Å². The summed E-state index contributed by atoms with van der Waals surface area (Å²) < 4.78 is 0. The van der Waals surface area contributed by atoms with Crippen molar-refractivity contribution in [2.75, 3.05) is 6.54 Å². The number of hydrogen-bond acceptors (Lipinski definition) is 3. The van der Waals surface area contributed by atoms with Gasteiger partial charge in [-0.15, -0.1) is 0 Å². The first-order chi connectivity index (χ1) is 20.4. The summed E-state index contributed by atoms with van der Waals surface area (Å²) in [5.41, 5.74) is 5.96. The number of aldehydes is 1. The molecule has 2 rings (SSSR count). The molecule has 0 aromatic heterocycles. The fourth-order valence-corrected chi connectivity index (χ4v) is 5.41. The van der Waals surface area contributed by atoms with Crippen LogP contribution in [0.15, 0.2) is 72.8 Å². The van der Waals surface area contributed by atoms with Gasteiger partial charge < -0.3 is 10.1 Å². The van der Waals surface area contributed by atoms with Gasteiger partial charge in [-0.2, -0.15) is 0 Å². The summed E-state index contributed by atoms with van der Waals surface area (Å²) in [6.07, 6.45) is 14.1. The van der Waals surface area contributed by atoms with Gasteiger partial charge in [0.05, 0.1) is 0 Å². The second-order valence-electron chi connectivity index (χ2n) is 11.6. The minimum atomic E-state index is -0.0300. The van der Waals surface area contributed by atoms with E-state index in [9.17, 15) is 14.4 Å². The smallest absolute Gasteiger partial charge is 0.223 e. The van der Waals surface area contributed by atoms with Gasteiger partial charge in [-0.25, -0.2) is 0 Å². The number of rotatable bonds is 22. The number of hydrogen-bond donors (Lipinski definition) is 1. The normalized spacial score (nSPS) is 12.9. The maximum atomic E-state index is 13.0. The van der Waals surface area contributed by atoms with Crippen LogP contribution < -0.4 is 5.32 Å². The quantitative estimate of drug-likeness (QED) is 0.0871. The van der Waals surface area contributed by atoms with Gasteiger partial charge in [-0.3, -0.25) is 9.59 Å². The topological polar surface area (TPSA) is 63.2 Å². The van der Waals surface area contributed by atoms with E-state index in [0.717, 1.165) is 82.5 Å². The zero-order valence-corrected chi connectivity index (χ0v) is 26.3. The molecule has 42 heavy (non-hydrogen) atoms. The number of nitrogens with one attached hydrogen (secondary N) is 1. The molecule has 0 aliphatic carbocycles. The lowest BCUT2D eigenvalue weighted by Crippen LogP contribution is -2.32. The number of benzene rings is 2. The second-order valence-corrected chi connectivity index (χ2v) is 11.6. The zero-order chi connectivity index (χ0) is 30.6. The Morgan fingerprint density at radius 1 is 0.857 bits per heavy atom. The van der Waals surface area contributed by atoms with E-state index in [4.69, 9.17) is 0 Å². The predicted octanol–water partition coefficient (Wildman–Crippen LogP) is 9.07. The number of amides is 1. The highest BCUT2D eigenvalue weighted by Gasteiger charge is 2.18. The molecule has 1 N–H and O–H groups in total. The van der Waals surface area contributed by atoms with E-state index in [1.54, 1.807) is 0 Å². The first-order valence-electron chi connectivity index (χ1n) is 16.1. The van der Waals surface area contributed by atoms with Crippen molar-refractivity contribution in [2.45, 2.75) is 104 Å². The summed E-state index contributed by atoms with van der Waals surface area (Å²) >= 11 is 0. The SMILES string of the molecule is C=C(CCC=O)CCCC(C)C(=O)CCCCCNC(=O)C(CCC)Cc1ccc(/C(=C\CC)c2ccccc2)cc1. The van der Waals surface area contributed by atoms with Crippen molar-refractivity contribution >= 4 is 23.5 Å². The fraction of sp³-hybridized carbons (Fsp3) is 0.500. The minimum Gasteiger partial charge on any atom is -0.356 e. The van der Waals surface area contributed by atoms with Gasteiger partial charge in [0.1, 0.15) is 12.1 Å². The van der Waals surface area contributed by atoms with Crippen LogP contribution in [0.4, 0.5) is 0 Å². The Kier molecular flexibility index (Phi) is 17.1. The number of allylic oxidation sites excluding steroid dienone is 2. The largest absolute Gasteiger partial charge is 0.356 e. The van der Waals surface area contributed by atoms with E-state index in [1.807, 2.05) is 13.0 Å². The number of Topliss-reactive ketones (excluding diaryl/α,β-unsaturated/α-hetero) is 1. The van der Waals surface area contributed by atoms with Crippen molar-refractivity contribution in [1.82, 2.24) is 5.32 Å². The minimum absolute atomic E-state index is 0.0300. The van der Waals surface area contributed by atoms with Crippen molar-refractivity contribution in [3.8, 4) is 0 Å². The highest BCUT2D eigenvalue weighted by Crippen LogP contribution is 2.25. The van der Waals surface area contributed by atoms with Crippen LogP contribution in [0.2, 0.25) is 0 Å². The third kappa shape index (κ3) is 13.1. The van der Waals surface area contributed by atoms with E-state index >= 15 is 0 Å². The molecule has 2 atom stereocenters. The predicted molar refractivity (Wildman–Crippen MR) is 176 cm³/mol. The summed E-state index contributed by atoms with van der Waals surface area (Å²) in [6, 6.07) is 19.2. The van der Waals surface area contributed by atoms with E-state index < -0.39 is 0 Å². The molecule has 0 aliphatic rings. The van der Waals surface area contributed by atoms with Gasteiger partial charge in [0.15, 0.2) is 0 Å². The number of carbonyl (C=O) groups excluding carboxylic acids is 3. The lowest BCUT2D eigenvalue weighted by molar-refractivity contribution is -0.125.